The Balaban J connectivity index is 1.93. The Morgan fingerprint density at radius 2 is 2.09 bits per heavy atom. The molecule has 1 heterocycles. The fourth-order valence-corrected chi connectivity index (χ4v) is 1.96. The van der Waals surface area contributed by atoms with Crippen molar-refractivity contribution >= 4 is 23.3 Å². The minimum Gasteiger partial charge on any atom is -0.467 e. The van der Waals surface area contributed by atoms with Gasteiger partial charge in [0.15, 0.2) is 0 Å². The molecule has 1 aromatic heterocycles. The van der Waals surface area contributed by atoms with Gasteiger partial charge < -0.3 is 20.2 Å². The van der Waals surface area contributed by atoms with E-state index in [1.807, 2.05) is 0 Å². The van der Waals surface area contributed by atoms with Gasteiger partial charge in [0.05, 0.1) is 29.1 Å². The smallest absolute Gasteiger partial charge is 0.416 e. The number of hydrogen-bond acceptors (Lipinski definition) is 3. The van der Waals surface area contributed by atoms with Gasteiger partial charge in [-0.05, 0) is 30.3 Å². The van der Waals surface area contributed by atoms with Crippen molar-refractivity contribution in [3.8, 4) is 0 Å². The van der Waals surface area contributed by atoms with Gasteiger partial charge in [-0.3, -0.25) is 0 Å². The third-order valence-electron chi connectivity index (χ3n) is 2.87. The molecule has 1 aromatic carbocycles. The van der Waals surface area contributed by atoms with Gasteiger partial charge in [-0.1, -0.05) is 11.6 Å². The van der Waals surface area contributed by atoms with Crippen LogP contribution in [0.3, 0.4) is 0 Å². The Kier molecular flexibility index (Phi) is 5.17. The predicted octanol–water partition coefficient (Wildman–Crippen LogP) is 3.81. The van der Waals surface area contributed by atoms with Crippen molar-refractivity contribution in [2.45, 2.75) is 12.3 Å². The third-order valence-corrected chi connectivity index (χ3v) is 3.18. The predicted molar refractivity (Wildman–Crippen MR) is 77.1 cm³/mol. The second-order valence-electron chi connectivity index (χ2n) is 4.56. The normalized spacial score (nSPS) is 12.7. The highest BCUT2D eigenvalue weighted by atomic mass is 35.5. The molecule has 1 unspecified atom stereocenters. The number of aliphatic hydroxyl groups is 1. The molecule has 0 aliphatic rings. The molecule has 0 aliphatic carbocycles. The lowest BCUT2D eigenvalue weighted by Crippen LogP contribution is -2.32. The lowest BCUT2D eigenvalue weighted by atomic mass is 10.2. The molecule has 2 aromatic rings. The molecule has 124 valence electrons. The molecule has 2 amide bonds. The number of carbonyl (C=O) groups is 1. The van der Waals surface area contributed by atoms with E-state index in [1.165, 1.54) is 12.3 Å². The Bertz CT molecular complexity index is 674. The summed E-state index contributed by atoms with van der Waals surface area (Å²) in [5, 5.41) is 14.1. The zero-order valence-electron chi connectivity index (χ0n) is 11.5. The fraction of sp³-hybridized carbons (Fsp3) is 0.214. The summed E-state index contributed by atoms with van der Waals surface area (Å²) >= 11 is 5.72. The number of anilines is 1. The van der Waals surface area contributed by atoms with Crippen LogP contribution in [0.15, 0.2) is 41.0 Å². The number of rotatable bonds is 4. The number of urea groups is 1. The summed E-state index contributed by atoms with van der Waals surface area (Å²) in [7, 11) is 0. The molecule has 5 nitrogen and oxygen atoms in total. The van der Waals surface area contributed by atoms with Gasteiger partial charge in [0.25, 0.3) is 0 Å². The third kappa shape index (κ3) is 4.64. The monoisotopic (exact) mass is 348 g/mol. The second-order valence-corrected chi connectivity index (χ2v) is 4.97. The van der Waals surface area contributed by atoms with Crippen LogP contribution in [0.1, 0.15) is 17.4 Å². The highest BCUT2D eigenvalue weighted by molar-refractivity contribution is 6.33. The first-order chi connectivity index (χ1) is 10.8. The van der Waals surface area contributed by atoms with Crippen molar-refractivity contribution in [2.24, 2.45) is 0 Å². The van der Waals surface area contributed by atoms with Crippen LogP contribution >= 0.6 is 11.6 Å². The zero-order valence-corrected chi connectivity index (χ0v) is 12.3. The van der Waals surface area contributed by atoms with Gasteiger partial charge in [0.2, 0.25) is 0 Å². The van der Waals surface area contributed by atoms with Crippen molar-refractivity contribution in [1.82, 2.24) is 5.32 Å². The summed E-state index contributed by atoms with van der Waals surface area (Å²) in [6, 6.07) is 4.97. The maximum absolute atomic E-state index is 12.5. The zero-order chi connectivity index (χ0) is 17.0. The van der Waals surface area contributed by atoms with Crippen molar-refractivity contribution in [3.05, 3.63) is 52.9 Å². The van der Waals surface area contributed by atoms with E-state index in [4.69, 9.17) is 16.0 Å². The molecule has 0 saturated heterocycles. The van der Waals surface area contributed by atoms with E-state index in [0.29, 0.717) is 0 Å². The molecule has 0 fully saturated rings. The van der Waals surface area contributed by atoms with Crippen LogP contribution in [-0.4, -0.2) is 17.7 Å². The number of halogens is 4. The molecule has 1 atom stereocenters. The van der Waals surface area contributed by atoms with Crippen LogP contribution in [0.2, 0.25) is 5.02 Å². The number of alkyl halides is 3. The van der Waals surface area contributed by atoms with E-state index < -0.39 is 23.9 Å². The van der Waals surface area contributed by atoms with Gasteiger partial charge in [-0.15, -0.1) is 0 Å². The molecule has 0 spiro atoms. The van der Waals surface area contributed by atoms with Crippen LogP contribution in [0.5, 0.6) is 0 Å². The number of aliphatic hydroxyl groups excluding tert-OH is 1. The van der Waals surface area contributed by atoms with Crippen LogP contribution in [0, 0.1) is 0 Å². The maximum atomic E-state index is 12.5. The summed E-state index contributed by atoms with van der Waals surface area (Å²) in [4.78, 5) is 11.7. The Hall–Kier alpha value is -2.19. The van der Waals surface area contributed by atoms with Crippen LogP contribution in [0.25, 0.3) is 0 Å². The van der Waals surface area contributed by atoms with E-state index in [1.54, 1.807) is 6.07 Å². The number of amides is 2. The average molecular weight is 349 g/mol. The molecular formula is C14H12ClF3N2O3. The topological polar surface area (TPSA) is 74.5 Å². The maximum Gasteiger partial charge on any atom is 0.416 e. The summed E-state index contributed by atoms with van der Waals surface area (Å²) in [5.41, 5.74) is -0.897. The molecule has 23 heavy (non-hydrogen) atoms. The number of nitrogens with one attached hydrogen (secondary N) is 2. The number of furan rings is 1. The van der Waals surface area contributed by atoms with Gasteiger partial charge in [0, 0.05) is 0 Å². The van der Waals surface area contributed by atoms with E-state index >= 15 is 0 Å². The molecule has 0 radical (unpaired) electrons. The summed E-state index contributed by atoms with van der Waals surface area (Å²) in [6.45, 7) is -0.141. The van der Waals surface area contributed by atoms with E-state index in [0.717, 1.165) is 18.2 Å². The van der Waals surface area contributed by atoms with Gasteiger partial charge in [-0.25, -0.2) is 4.79 Å². The fourth-order valence-electron chi connectivity index (χ4n) is 1.73. The highest BCUT2D eigenvalue weighted by Crippen LogP contribution is 2.33. The minimum atomic E-state index is -4.52. The van der Waals surface area contributed by atoms with E-state index in [9.17, 15) is 23.1 Å². The summed E-state index contributed by atoms with van der Waals surface area (Å²) in [6.07, 6.45) is -4.18. The van der Waals surface area contributed by atoms with Crippen molar-refractivity contribution in [1.29, 1.82) is 0 Å². The standard InChI is InChI=1S/C14H12ClF3N2O3/c15-9-6-8(14(16,17)18)3-4-10(9)20-13(22)19-7-11(21)12-2-1-5-23-12/h1-6,11,21H,7H2,(H2,19,20,22). The number of hydrogen-bond donors (Lipinski definition) is 3. The molecule has 9 heteroatoms. The first-order valence-corrected chi connectivity index (χ1v) is 6.78. The second kappa shape index (κ2) is 6.93. The highest BCUT2D eigenvalue weighted by Gasteiger charge is 2.31. The Morgan fingerprint density at radius 1 is 1.35 bits per heavy atom. The molecule has 2 rings (SSSR count). The van der Waals surface area contributed by atoms with Crippen LogP contribution in [0.4, 0.5) is 23.7 Å². The largest absolute Gasteiger partial charge is 0.467 e. The van der Waals surface area contributed by atoms with E-state index in [2.05, 4.69) is 10.6 Å². The summed E-state index contributed by atoms with van der Waals surface area (Å²) in [5.74, 6) is 0.276. The quantitative estimate of drug-likeness (QED) is 0.786. The first kappa shape index (κ1) is 17.2. The van der Waals surface area contributed by atoms with Gasteiger partial charge in [-0.2, -0.15) is 13.2 Å². The molecule has 0 aliphatic heterocycles. The molecule has 3 N–H and O–H groups in total. The average Bonchev–Trinajstić information content (AvgIpc) is 3.00. The van der Waals surface area contributed by atoms with Crippen LogP contribution < -0.4 is 10.6 Å². The first-order valence-electron chi connectivity index (χ1n) is 6.40. The summed E-state index contributed by atoms with van der Waals surface area (Å²) < 4.78 is 42.5. The van der Waals surface area contributed by atoms with E-state index in [-0.39, 0.29) is 23.0 Å². The van der Waals surface area contributed by atoms with Gasteiger partial charge >= 0.3 is 12.2 Å². The van der Waals surface area contributed by atoms with Crippen molar-refractivity contribution < 1.29 is 27.5 Å². The Labute approximate surface area is 134 Å². The lowest BCUT2D eigenvalue weighted by molar-refractivity contribution is -0.137. The van der Waals surface area contributed by atoms with Crippen LogP contribution in [-0.2, 0) is 6.18 Å². The SMILES string of the molecule is O=C(NCC(O)c1ccco1)Nc1ccc(C(F)(F)F)cc1Cl. The van der Waals surface area contributed by atoms with Crippen molar-refractivity contribution in [2.75, 3.05) is 11.9 Å². The minimum absolute atomic E-state index is 0.0182. The molecule has 0 saturated carbocycles. The molecular weight excluding hydrogens is 337 g/mol. The lowest BCUT2D eigenvalue weighted by Gasteiger charge is -2.13. The van der Waals surface area contributed by atoms with Crippen molar-refractivity contribution in [3.63, 3.8) is 0 Å². The Morgan fingerprint density at radius 3 is 2.65 bits per heavy atom. The van der Waals surface area contributed by atoms with Gasteiger partial charge in [0.1, 0.15) is 11.9 Å². The number of carbonyl (C=O) groups excluding carboxylic acids is 1. The molecule has 0 bridgehead atoms. The number of benzene rings is 1.